The molecule has 0 aliphatic carbocycles. The van der Waals surface area contributed by atoms with Crippen LogP contribution < -0.4 is 14.8 Å². The van der Waals surface area contributed by atoms with Crippen LogP contribution in [0.4, 0.5) is 0 Å². The maximum absolute atomic E-state index is 12.6. The molecule has 0 bridgehead atoms. The largest absolute Gasteiger partial charge is 0.496 e. The van der Waals surface area contributed by atoms with Crippen LogP contribution in [0, 0.1) is 0 Å². The fourth-order valence-electron chi connectivity index (χ4n) is 3.87. The van der Waals surface area contributed by atoms with E-state index in [1.54, 1.807) is 7.11 Å². The SMILES string of the molecule is COc1ccccc1Cn1c(C(C)Oc2ccccc2)nc2cc(C(=O)NC(C)C)ccc21. The van der Waals surface area contributed by atoms with Crippen molar-refractivity contribution in [3.63, 3.8) is 0 Å². The topological polar surface area (TPSA) is 65.4 Å². The lowest BCUT2D eigenvalue weighted by Crippen LogP contribution is -2.29. The standard InChI is InChI=1S/C27H29N3O3/c1-18(2)28-27(31)20-14-15-24-23(16-20)29-26(19(3)33-22-11-6-5-7-12-22)30(24)17-21-10-8-9-13-25(21)32-4/h5-16,18-19H,17H2,1-4H3,(H,28,31). The average molecular weight is 444 g/mol. The number of imidazole rings is 1. The summed E-state index contributed by atoms with van der Waals surface area (Å²) in [5, 5.41) is 2.94. The Kier molecular flexibility index (Phi) is 6.63. The van der Waals surface area contributed by atoms with Gasteiger partial charge < -0.3 is 19.4 Å². The van der Waals surface area contributed by atoms with Crippen LogP contribution in [0.2, 0.25) is 0 Å². The molecule has 0 radical (unpaired) electrons. The van der Waals surface area contributed by atoms with Crippen molar-refractivity contribution in [2.45, 2.75) is 39.5 Å². The van der Waals surface area contributed by atoms with Crippen LogP contribution in [0.1, 0.15) is 48.6 Å². The van der Waals surface area contributed by atoms with Crippen molar-refractivity contribution < 1.29 is 14.3 Å². The van der Waals surface area contributed by atoms with Crippen molar-refractivity contribution in [1.82, 2.24) is 14.9 Å². The third-order valence-electron chi connectivity index (χ3n) is 5.40. The number of ether oxygens (including phenoxy) is 2. The number of carbonyl (C=O) groups is 1. The number of carbonyl (C=O) groups excluding carboxylic acids is 1. The molecule has 4 aromatic rings. The first kappa shape index (κ1) is 22.4. The molecule has 3 aromatic carbocycles. The summed E-state index contributed by atoms with van der Waals surface area (Å²) < 4.78 is 13.9. The van der Waals surface area contributed by atoms with Crippen LogP contribution in [-0.4, -0.2) is 28.6 Å². The zero-order valence-electron chi connectivity index (χ0n) is 19.4. The van der Waals surface area contributed by atoms with Gasteiger partial charge in [-0.1, -0.05) is 36.4 Å². The van der Waals surface area contributed by atoms with Gasteiger partial charge in [0.1, 0.15) is 11.5 Å². The lowest BCUT2D eigenvalue weighted by atomic mass is 10.1. The van der Waals surface area contributed by atoms with E-state index in [4.69, 9.17) is 14.5 Å². The van der Waals surface area contributed by atoms with Gasteiger partial charge in [0.25, 0.3) is 5.91 Å². The van der Waals surface area contributed by atoms with E-state index in [1.165, 1.54) is 0 Å². The normalized spacial score (nSPS) is 12.0. The molecule has 6 heteroatoms. The van der Waals surface area contributed by atoms with Gasteiger partial charge in [-0.25, -0.2) is 4.98 Å². The monoisotopic (exact) mass is 443 g/mol. The number of methoxy groups -OCH3 is 1. The van der Waals surface area contributed by atoms with E-state index in [1.807, 2.05) is 93.6 Å². The zero-order chi connectivity index (χ0) is 23.4. The molecule has 1 amide bonds. The number of benzene rings is 3. The molecule has 1 atom stereocenters. The third-order valence-corrected chi connectivity index (χ3v) is 5.40. The highest BCUT2D eigenvalue weighted by atomic mass is 16.5. The minimum absolute atomic E-state index is 0.0613. The van der Waals surface area contributed by atoms with E-state index in [2.05, 4.69) is 9.88 Å². The second kappa shape index (κ2) is 9.77. The van der Waals surface area contributed by atoms with Crippen LogP contribution in [0.3, 0.4) is 0 Å². The van der Waals surface area contributed by atoms with E-state index in [-0.39, 0.29) is 18.1 Å². The molecule has 0 saturated heterocycles. The number of amides is 1. The summed E-state index contributed by atoms with van der Waals surface area (Å²) in [6.07, 6.45) is -0.303. The van der Waals surface area contributed by atoms with Gasteiger partial charge in [0.2, 0.25) is 0 Å². The number of aromatic nitrogens is 2. The highest BCUT2D eigenvalue weighted by molar-refractivity contribution is 5.97. The molecule has 4 rings (SSSR count). The first-order chi connectivity index (χ1) is 16.0. The van der Waals surface area contributed by atoms with Crippen molar-refractivity contribution in [2.75, 3.05) is 7.11 Å². The van der Waals surface area contributed by atoms with E-state index < -0.39 is 0 Å². The third kappa shape index (κ3) is 5.00. The molecule has 6 nitrogen and oxygen atoms in total. The molecule has 0 saturated carbocycles. The molecule has 33 heavy (non-hydrogen) atoms. The fraction of sp³-hybridized carbons (Fsp3) is 0.259. The van der Waals surface area contributed by atoms with Crippen LogP contribution >= 0.6 is 0 Å². The second-order valence-electron chi connectivity index (χ2n) is 8.27. The Morgan fingerprint density at radius 2 is 1.73 bits per heavy atom. The highest BCUT2D eigenvalue weighted by Crippen LogP contribution is 2.28. The molecular formula is C27H29N3O3. The predicted molar refractivity (Wildman–Crippen MR) is 130 cm³/mol. The minimum Gasteiger partial charge on any atom is -0.496 e. The van der Waals surface area contributed by atoms with Crippen molar-refractivity contribution in [3.05, 3.63) is 89.7 Å². The van der Waals surface area contributed by atoms with Crippen LogP contribution in [0.15, 0.2) is 72.8 Å². The minimum atomic E-state index is -0.303. The Bertz CT molecular complexity index is 1250. The number of hydrogen-bond acceptors (Lipinski definition) is 4. The molecule has 1 aromatic heterocycles. The Labute approximate surface area is 194 Å². The summed E-state index contributed by atoms with van der Waals surface area (Å²) in [6.45, 7) is 6.44. The van der Waals surface area contributed by atoms with Gasteiger partial charge in [-0.3, -0.25) is 4.79 Å². The summed E-state index contributed by atoms with van der Waals surface area (Å²) in [6, 6.07) is 23.3. The number of fused-ring (bicyclic) bond motifs is 1. The predicted octanol–water partition coefficient (Wildman–Crippen LogP) is 5.37. The van der Waals surface area contributed by atoms with Gasteiger partial charge in [0, 0.05) is 17.2 Å². The number of nitrogens with one attached hydrogen (secondary N) is 1. The molecule has 0 fully saturated rings. The zero-order valence-corrected chi connectivity index (χ0v) is 19.4. The maximum Gasteiger partial charge on any atom is 0.251 e. The summed E-state index contributed by atoms with van der Waals surface area (Å²) in [4.78, 5) is 17.5. The Morgan fingerprint density at radius 1 is 1.00 bits per heavy atom. The van der Waals surface area contributed by atoms with E-state index in [0.717, 1.165) is 33.9 Å². The van der Waals surface area contributed by atoms with Crippen molar-refractivity contribution in [3.8, 4) is 11.5 Å². The van der Waals surface area contributed by atoms with Crippen LogP contribution in [-0.2, 0) is 6.54 Å². The Balaban J connectivity index is 1.77. The van der Waals surface area contributed by atoms with Gasteiger partial charge in [-0.05, 0) is 57.2 Å². The lowest BCUT2D eigenvalue weighted by Gasteiger charge is -2.18. The van der Waals surface area contributed by atoms with E-state index >= 15 is 0 Å². The maximum atomic E-state index is 12.6. The molecule has 1 unspecified atom stereocenters. The van der Waals surface area contributed by atoms with Crippen LogP contribution in [0.25, 0.3) is 11.0 Å². The van der Waals surface area contributed by atoms with Crippen molar-refractivity contribution in [1.29, 1.82) is 0 Å². The number of para-hydroxylation sites is 2. The smallest absolute Gasteiger partial charge is 0.251 e. The molecule has 1 N–H and O–H groups in total. The summed E-state index contributed by atoms with van der Waals surface area (Å²) in [7, 11) is 1.67. The number of hydrogen-bond donors (Lipinski definition) is 1. The molecule has 1 heterocycles. The Morgan fingerprint density at radius 3 is 2.45 bits per heavy atom. The Hall–Kier alpha value is -3.80. The fourth-order valence-corrected chi connectivity index (χ4v) is 3.87. The van der Waals surface area contributed by atoms with Gasteiger partial charge in [0.05, 0.1) is 24.7 Å². The highest BCUT2D eigenvalue weighted by Gasteiger charge is 2.20. The number of nitrogens with zero attached hydrogens (tertiary/aromatic N) is 2. The van der Waals surface area contributed by atoms with Gasteiger partial charge in [-0.2, -0.15) is 0 Å². The number of rotatable bonds is 8. The summed E-state index contributed by atoms with van der Waals surface area (Å²) >= 11 is 0. The molecular weight excluding hydrogens is 414 g/mol. The van der Waals surface area contributed by atoms with Crippen LogP contribution in [0.5, 0.6) is 11.5 Å². The first-order valence-electron chi connectivity index (χ1n) is 11.1. The molecule has 0 aliphatic heterocycles. The van der Waals surface area contributed by atoms with Gasteiger partial charge in [0.15, 0.2) is 11.9 Å². The van der Waals surface area contributed by atoms with E-state index in [9.17, 15) is 4.79 Å². The first-order valence-corrected chi connectivity index (χ1v) is 11.1. The van der Waals surface area contributed by atoms with Crippen molar-refractivity contribution in [2.24, 2.45) is 0 Å². The molecule has 0 aliphatic rings. The summed E-state index contributed by atoms with van der Waals surface area (Å²) in [5.74, 6) is 2.26. The summed E-state index contributed by atoms with van der Waals surface area (Å²) in [5.41, 5.74) is 3.30. The van der Waals surface area contributed by atoms with Gasteiger partial charge in [-0.15, -0.1) is 0 Å². The molecule has 170 valence electrons. The second-order valence-corrected chi connectivity index (χ2v) is 8.27. The molecule has 0 spiro atoms. The van der Waals surface area contributed by atoms with Gasteiger partial charge >= 0.3 is 0 Å². The van der Waals surface area contributed by atoms with Crippen molar-refractivity contribution >= 4 is 16.9 Å². The quantitative estimate of drug-likeness (QED) is 0.398. The average Bonchev–Trinajstić information content (AvgIpc) is 3.17. The van der Waals surface area contributed by atoms with E-state index in [0.29, 0.717) is 12.1 Å². The lowest BCUT2D eigenvalue weighted by molar-refractivity contribution is 0.0943.